The molecule has 0 heterocycles. The van der Waals surface area contributed by atoms with Gasteiger partial charge in [0.2, 0.25) is 0 Å². The molecule has 0 atom stereocenters. The van der Waals surface area contributed by atoms with Crippen molar-refractivity contribution in [1.82, 2.24) is 0 Å². The molecule has 0 amide bonds. The predicted octanol–water partition coefficient (Wildman–Crippen LogP) is 2.02. The number of aldehydes is 1. The Morgan fingerprint density at radius 1 is 1.24 bits per heavy atom. The number of unbranched alkanes of at least 4 members (excludes halogenated alkanes) is 3. The minimum atomic E-state index is -0.506. The van der Waals surface area contributed by atoms with E-state index in [9.17, 15) is 9.59 Å². The van der Waals surface area contributed by atoms with Crippen LogP contribution in [0, 0.1) is 0 Å². The summed E-state index contributed by atoms with van der Waals surface area (Å²) in [7, 11) is 0. The highest BCUT2D eigenvalue weighted by molar-refractivity contribution is 5.90. The molecule has 0 spiro atoms. The van der Waals surface area contributed by atoms with Crippen LogP contribution in [-0.4, -0.2) is 12.3 Å². The van der Waals surface area contributed by atoms with Crippen LogP contribution in [0.5, 0.6) is 0 Å². The van der Waals surface area contributed by atoms with E-state index < -0.39 is 5.97 Å². The summed E-state index contributed by atoms with van der Waals surface area (Å²) in [4.78, 5) is 25.8. The van der Waals surface area contributed by atoms with Gasteiger partial charge >= 0.3 is 5.97 Å². The van der Waals surface area contributed by atoms with E-state index in [-0.39, 0.29) is 0 Å². The highest BCUT2D eigenvalue weighted by Gasteiger charge is 2.10. The van der Waals surface area contributed by atoms with Crippen LogP contribution in [-0.2, 0) is 16.1 Å². The average molecular weight is 235 g/mol. The van der Waals surface area contributed by atoms with Gasteiger partial charge in [0.05, 0.1) is 5.56 Å². The van der Waals surface area contributed by atoms with E-state index in [0.29, 0.717) is 12.0 Å². The Hall–Kier alpha value is -1.68. The Morgan fingerprint density at radius 2 is 2.00 bits per heavy atom. The van der Waals surface area contributed by atoms with Crippen LogP contribution in [0.25, 0.3) is 0 Å². The number of hydrogen-bond acceptors (Lipinski definition) is 4. The van der Waals surface area contributed by atoms with E-state index in [4.69, 9.17) is 5.90 Å². The van der Waals surface area contributed by atoms with Crippen molar-refractivity contribution >= 4 is 12.3 Å². The van der Waals surface area contributed by atoms with Crippen molar-refractivity contribution in [3.63, 3.8) is 0 Å². The second-order valence-electron chi connectivity index (χ2n) is 3.83. The molecule has 0 aromatic heterocycles. The van der Waals surface area contributed by atoms with Gasteiger partial charge in [-0.3, -0.25) is 0 Å². The Morgan fingerprint density at radius 3 is 2.71 bits per heavy atom. The van der Waals surface area contributed by atoms with Gasteiger partial charge in [-0.15, -0.1) is 0 Å². The lowest BCUT2D eigenvalue weighted by Crippen LogP contribution is -2.12. The molecule has 0 aliphatic rings. The molecule has 0 saturated heterocycles. The fraction of sp³-hybridized carbons (Fsp3) is 0.385. The zero-order valence-electron chi connectivity index (χ0n) is 9.72. The van der Waals surface area contributed by atoms with Gasteiger partial charge in [-0.25, -0.2) is 4.79 Å². The molecule has 0 bridgehead atoms. The third-order valence-corrected chi connectivity index (χ3v) is 2.61. The van der Waals surface area contributed by atoms with Crippen molar-refractivity contribution in [3.05, 3.63) is 35.4 Å². The Labute approximate surface area is 101 Å². The molecule has 2 N–H and O–H groups in total. The van der Waals surface area contributed by atoms with Crippen molar-refractivity contribution in [1.29, 1.82) is 0 Å². The molecule has 1 aromatic carbocycles. The quantitative estimate of drug-likeness (QED) is 0.446. The van der Waals surface area contributed by atoms with Gasteiger partial charge in [0, 0.05) is 6.42 Å². The van der Waals surface area contributed by atoms with Gasteiger partial charge in [0.15, 0.2) is 0 Å². The third kappa shape index (κ3) is 4.36. The second-order valence-corrected chi connectivity index (χ2v) is 3.83. The maximum absolute atomic E-state index is 11.4. The summed E-state index contributed by atoms with van der Waals surface area (Å²) < 4.78 is 0. The first-order valence-electron chi connectivity index (χ1n) is 5.72. The van der Waals surface area contributed by atoms with Crippen molar-refractivity contribution in [3.8, 4) is 0 Å². The topological polar surface area (TPSA) is 69.4 Å². The molecule has 92 valence electrons. The van der Waals surface area contributed by atoms with E-state index >= 15 is 0 Å². The number of carbonyl (C=O) groups is 2. The first kappa shape index (κ1) is 13.4. The summed E-state index contributed by atoms with van der Waals surface area (Å²) in [6.07, 6.45) is 5.15. The first-order valence-corrected chi connectivity index (χ1v) is 5.72. The van der Waals surface area contributed by atoms with Crippen LogP contribution in [0.15, 0.2) is 24.3 Å². The zero-order chi connectivity index (χ0) is 12.5. The van der Waals surface area contributed by atoms with E-state index in [1.165, 1.54) is 0 Å². The smallest absolute Gasteiger partial charge is 0.356 e. The standard InChI is InChI=1S/C13H17NO3/c14-17-13(16)12-9-5-4-8-11(12)7-3-1-2-6-10-15/h4-5,8-10H,1-3,6-7,14H2. The van der Waals surface area contributed by atoms with Crippen LogP contribution in [0.2, 0.25) is 0 Å². The molecule has 0 saturated carbocycles. The van der Waals surface area contributed by atoms with Crippen molar-refractivity contribution in [2.24, 2.45) is 5.90 Å². The van der Waals surface area contributed by atoms with Crippen LogP contribution >= 0.6 is 0 Å². The van der Waals surface area contributed by atoms with Gasteiger partial charge in [0.1, 0.15) is 6.29 Å². The molecule has 4 nitrogen and oxygen atoms in total. The summed E-state index contributed by atoms with van der Waals surface area (Å²) in [5.41, 5.74) is 1.46. The van der Waals surface area contributed by atoms with Gasteiger partial charge in [0.25, 0.3) is 0 Å². The van der Waals surface area contributed by atoms with E-state index in [0.717, 1.165) is 37.5 Å². The summed E-state index contributed by atoms with van der Waals surface area (Å²) >= 11 is 0. The lowest BCUT2D eigenvalue weighted by molar-refractivity contribution is -0.107. The second kappa shape index (κ2) is 7.57. The summed E-state index contributed by atoms with van der Waals surface area (Å²) in [6.45, 7) is 0. The van der Waals surface area contributed by atoms with Gasteiger partial charge < -0.3 is 9.63 Å². The maximum Gasteiger partial charge on any atom is 0.356 e. The van der Waals surface area contributed by atoms with E-state index in [1.807, 2.05) is 12.1 Å². The molecule has 1 rings (SSSR count). The first-order chi connectivity index (χ1) is 8.29. The average Bonchev–Trinajstić information content (AvgIpc) is 2.38. The molecule has 4 heteroatoms. The number of nitrogens with two attached hydrogens (primary N) is 1. The summed E-state index contributed by atoms with van der Waals surface area (Å²) in [5.74, 6) is 4.37. The number of carbonyl (C=O) groups excluding carboxylic acids is 2. The maximum atomic E-state index is 11.4. The fourth-order valence-corrected chi connectivity index (χ4v) is 1.72. The van der Waals surface area contributed by atoms with Crippen molar-refractivity contribution in [2.45, 2.75) is 32.1 Å². The largest absolute Gasteiger partial charge is 0.370 e. The van der Waals surface area contributed by atoms with Crippen molar-refractivity contribution < 1.29 is 14.4 Å². The monoisotopic (exact) mass is 235 g/mol. The highest BCUT2D eigenvalue weighted by Crippen LogP contribution is 2.13. The molecule has 0 aliphatic carbocycles. The van der Waals surface area contributed by atoms with E-state index in [1.54, 1.807) is 12.1 Å². The minimum Gasteiger partial charge on any atom is -0.370 e. The fourth-order valence-electron chi connectivity index (χ4n) is 1.72. The van der Waals surface area contributed by atoms with Crippen LogP contribution in [0.4, 0.5) is 0 Å². The van der Waals surface area contributed by atoms with Crippen LogP contribution in [0.1, 0.15) is 41.6 Å². The molecule has 0 radical (unpaired) electrons. The predicted molar refractivity (Wildman–Crippen MR) is 64.3 cm³/mol. The number of hydrogen-bond donors (Lipinski definition) is 1. The summed E-state index contributed by atoms with van der Waals surface area (Å²) in [6, 6.07) is 7.26. The highest BCUT2D eigenvalue weighted by atomic mass is 16.7. The minimum absolute atomic E-state index is 0.506. The Bertz CT molecular complexity index is 377. The van der Waals surface area contributed by atoms with E-state index in [2.05, 4.69) is 4.84 Å². The van der Waals surface area contributed by atoms with Crippen molar-refractivity contribution in [2.75, 3.05) is 0 Å². The van der Waals surface area contributed by atoms with Crippen LogP contribution in [0.3, 0.4) is 0 Å². The third-order valence-electron chi connectivity index (χ3n) is 2.61. The molecule has 0 aliphatic heterocycles. The van der Waals surface area contributed by atoms with Crippen LogP contribution < -0.4 is 5.90 Å². The molecule has 0 fully saturated rings. The molecular weight excluding hydrogens is 218 g/mol. The summed E-state index contributed by atoms with van der Waals surface area (Å²) in [5, 5.41) is 0. The Balaban J connectivity index is 2.52. The molecule has 0 unspecified atom stereocenters. The SMILES string of the molecule is NOC(=O)c1ccccc1CCCCCC=O. The molecule has 17 heavy (non-hydrogen) atoms. The number of rotatable bonds is 7. The lowest BCUT2D eigenvalue weighted by Gasteiger charge is -2.06. The zero-order valence-corrected chi connectivity index (χ0v) is 9.72. The molecule has 1 aromatic rings. The number of benzene rings is 1. The van der Waals surface area contributed by atoms with Gasteiger partial charge in [-0.05, 0) is 30.9 Å². The Kier molecular flexibility index (Phi) is 5.96. The lowest BCUT2D eigenvalue weighted by atomic mass is 10.0. The van der Waals surface area contributed by atoms with Gasteiger partial charge in [-0.2, -0.15) is 5.90 Å². The normalized spacial score (nSPS) is 9.94. The molecular formula is C13H17NO3. The number of aryl methyl sites for hydroxylation is 1. The van der Waals surface area contributed by atoms with Gasteiger partial charge in [-0.1, -0.05) is 24.6 Å².